The summed E-state index contributed by atoms with van der Waals surface area (Å²) in [4.78, 5) is 0. The van der Waals surface area contributed by atoms with E-state index in [0.717, 1.165) is 38.5 Å². The van der Waals surface area contributed by atoms with Gasteiger partial charge in [-0.25, -0.2) is 0 Å². The Morgan fingerprint density at radius 3 is 2.58 bits per heavy atom. The molecule has 3 atom stereocenters. The zero-order chi connectivity index (χ0) is 14.3. The summed E-state index contributed by atoms with van der Waals surface area (Å²) in [5.41, 5.74) is 0. The lowest BCUT2D eigenvalue weighted by molar-refractivity contribution is -0.188. The molecule has 5 heteroatoms. The largest absolute Gasteiger partial charge is 0.411 e. The summed E-state index contributed by atoms with van der Waals surface area (Å²) in [6.45, 7) is 3.19. The van der Waals surface area contributed by atoms with Gasteiger partial charge in [0.25, 0.3) is 0 Å². The van der Waals surface area contributed by atoms with E-state index in [1.807, 2.05) is 0 Å². The van der Waals surface area contributed by atoms with Gasteiger partial charge in [0.1, 0.15) is 6.61 Å². The molecule has 1 N–H and O–H groups in total. The van der Waals surface area contributed by atoms with Crippen molar-refractivity contribution in [3.63, 3.8) is 0 Å². The van der Waals surface area contributed by atoms with Crippen LogP contribution in [-0.2, 0) is 4.74 Å². The van der Waals surface area contributed by atoms with Crippen molar-refractivity contribution in [1.29, 1.82) is 0 Å². The van der Waals surface area contributed by atoms with E-state index in [1.165, 1.54) is 0 Å². The van der Waals surface area contributed by atoms with E-state index in [9.17, 15) is 13.2 Å². The van der Waals surface area contributed by atoms with Gasteiger partial charge in [0.05, 0.1) is 6.10 Å². The number of halogens is 3. The number of alkyl halides is 3. The molecule has 0 aromatic rings. The maximum Gasteiger partial charge on any atom is 0.411 e. The third-order valence-corrected chi connectivity index (χ3v) is 3.71. The lowest BCUT2D eigenvalue weighted by Gasteiger charge is -2.32. The summed E-state index contributed by atoms with van der Waals surface area (Å²) in [7, 11) is 0. The van der Waals surface area contributed by atoms with Gasteiger partial charge in [0.15, 0.2) is 0 Å². The van der Waals surface area contributed by atoms with Gasteiger partial charge in [-0.15, -0.1) is 0 Å². The molecule has 0 aromatic heterocycles. The van der Waals surface area contributed by atoms with Crippen LogP contribution < -0.4 is 5.32 Å². The molecule has 0 spiro atoms. The highest BCUT2D eigenvalue weighted by Crippen LogP contribution is 2.24. The fourth-order valence-corrected chi connectivity index (χ4v) is 2.75. The van der Waals surface area contributed by atoms with E-state index in [1.54, 1.807) is 0 Å². The Morgan fingerprint density at radius 2 is 2.00 bits per heavy atom. The van der Waals surface area contributed by atoms with E-state index < -0.39 is 12.8 Å². The van der Waals surface area contributed by atoms with Gasteiger partial charge in [-0.05, 0) is 38.5 Å². The van der Waals surface area contributed by atoms with Crippen LogP contribution in [0.25, 0.3) is 0 Å². The van der Waals surface area contributed by atoms with Crippen LogP contribution in [-0.4, -0.2) is 31.0 Å². The quantitative estimate of drug-likeness (QED) is 0.760. The first-order valence-corrected chi connectivity index (χ1v) is 7.39. The highest BCUT2D eigenvalue weighted by atomic mass is 19.4. The molecule has 0 saturated heterocycles. The maximum absolute atomic E-state index is 12.1. The molecule has 114 valence electrons. The van der Waals surface area contributed by atoms with Crippen LogP contribution in [0.2, 0.25) is 0 Å². The average molecular weight is 281 g/mol. The number of hydrogen-bond donors (Lipinski definition) is 1. The Hall–Kier alpha value is -0.290. The van der Waals surface area contributed by atoms with Crippen LogP contribution in [0.3, 0.4) is 0 Å². The minimum atomic E-state index is -4.21. The van der Waals surface area contributed by atoms with Gasteiger partial charge in [-0.2, -0.15) is 13.2 Å². The first-order chi connectivity index (χ1) is 8.94. The topological polar surface area (TPSA) is 21.3 Å². The molecule has 1 aliphatic rings. The molecule has 0 aromatic carbocycles. The molecule has 0 amide bonds. The standard InChI is InChI=1S/C14H26F3NO/c1-3-6-11(4-2)18-12-7-5-8-13(9-12)19-10-14(15,16)17/h11-13,18H,3-10H2,1-2H3. The molecule has 1 aliphatic carbocycles. The second-order valence-electron chi connectivity index (χ2n) is 5.47. The minimum absolute atomic E-state index is 0.244. The fraction of sp³-hybridized carbons (Fsp3) is 1.00. The maximum atomic E-state index is 12.1. The molecular weight excluding hydrogens is 255 g/mol. The number of ether oxygens (including phenoxy) is 1. The molecule has 0 radical (unpaired) electrons. The highest BCUT2D eigenvalue weighted by Gasteiger charge is 2.31. The van der Waals surface area contributed by atoms with Crippen molar-refractivity contribution in [2.75, 3.05) is 6.61 Å². The van der Waals surface area contributed by atoms with Crippen molar-refractivity contribution in [3.05, 3.63) is 0 Å². The first-order valence-electron chi connectivity index (χ1n) is 7.39. The van der Waals surface area contributed by atoms with Gasteiger partial charge in [-0.1, -0.05) is 20.3 Å². The zero-order valence-electron chi connectivity index (χ0n) is 11.9. The lowest BCUT2D eigenvalue weighted by atomic mass is 9.91. The summed E-state index contributed by atoms with van der Waals surface area (Å²) in [6, 6.07) is 0.792. The van der Waals surface area contributed by atoms with Gasteiger partial charge in [0.2, 0.25) is 0 Å². The molecule has 1 fully saturated rings. The smallest absolute Gasteiger partial charge is 0.369 e. The summed E-state index contributed by atoms with van der Waals surface area (Å²) in [6.07, 6.45) is 2.32. The van der Waals surface area contributed by atoms with E-state index in [4.69, 9.17) is 4.74 Å². The second kappa shape index (κ2) is 8.10. The third-order valence-electron chi connectivity index (χ3n) is 3.71. The van der Waals surface area contributed by atoms with Crippen molar-refractivity contribution in [2.45, 2.75) is 83.2 Å². The molecule has 0 aliphatic heterocycles. The number of nitrogens with one attached hydrogen (secondary N) is 1. The van der Waals surface area contributed by atoms with Crippen LogP contribution in [0.5, 0.6) is 0 Å². The Kier molecular flexibility index (Phi) is 7.15. The molecule has 3 unspecified atom stereocenters. The van der Waals surface area contributed by atoms with Crippen molar-refractivity contribution in [1.82, 2.24) is 5.32 Å². The summed E-state index contributed by atoms with van der Waals surface area (Å²) >= 11 is 0. The van der Waals surface area contributed by atoms with Crippen molar-refractivity contribution < 1.29 is 17.9 Å². The normalized spacial score (nSPS) is 26.4. The molecule has 1 rings (SSSR count). The minimum Gasteiger partial charge on any atom is -0.369 e. The van der Waals surface area contributed by atoms with Crippen molar-refractivity contribution in [3.8, 4) is 0 Å². The van der Waals surface area contributed by atoms with Crippen molar-refractivity contribution >= 4 is 0 Å². The highest BCUT2D eigenvalue weighted by molar-refractivity contribution is 4.81. The van der Waals surface area contributed by atoms with E-state index in [-0.39, 0.29) is 6.10 Å². The monoisotopic (exact) mass is 281 g/mol. The van der Waals surface area contributed by atoms with Gasteiger partial charge in [0, 0.05) is 12.1 Å². The molecule has 0 bridgehead atoms. The van der Waals surface area contributed by atoms with Crippen LogP contribution in [0.4, 0.5) is 13.2 Å². The van der Waals surface area contributed by atoms with Crippen LogP contribution >= 0.6 is 0 Å². The zero-order valence-corrected chi connectivity index (χ0v) is 11.9. The van der Waals surface area contributed by atoms with E-state index in [2.05, 4.69) is 19.2 Å². The Labute approximate surface area is 114 Å². The summed E-state index contributed by atoms with van der Waals surface area (Å²) in [5, 5.41) is 3.57. The fourth-order valence-electron chi connectivity index (χ4n) is 2.75. The molecule has 2 nitrogen and oxygen atoms in total. The van der Waals surface area contributed by atoms with Crippen molar-refractivity contribution in [2.24, 2.45) is 0 Å². The molecule has 1 saturated carbocycles. The first kappa shape index (κ1) is 16.8. The summed E-state index contributed by atoms with van der Waals surface area (Å²) in [5.74, 6) is 0. The Morgan fingerprint density at radius 1 is 1.26 bits per heavy atom. The molecule has 0 heterocycles. The Balaban J connectivity index is 2.33. The molecular formula is C14H26F3NO. The lowest BCUT2D eigenvalue weighted by Crippen LogP contribution is -2.43. The number of rotatable bonds is 7. The Bertz CT molecular complexity index is 245. The van der Waals surface area contributed by atoms with Gasteiger partial charge >= 0.3 is 6.18 Å². The summed E-state index contributed by atoms with van der Waals surface area (Å²) < 4.78 is 41.4. The van der Waals surface area contributed by atoms with E-state index in [0.29, 0.717) is 18.5 Å². The van der Waals surface area contributed by atoms with Crippen LogP contribution in [0.1, 0.15) is 58.8 Å². The van der Waals surface area contributed by atoms with Crippen LogP contribution in [0, 0.1) is 0 Å². The third kappa shape index (κ3) is 7.16. The molecule has 19 heavy (non-hydrogen) atoms. The number of hydrogen-bond acceptors (Lipinski definition) is 2. The van der Waals surface area contributed by atoms with Crippen LogP contribution in [0.15, 0.2) is 0 Å². The van der Waals surface area contributed by atoms with Gasteiger partial charge in [-0.3, -0.25) is 0 Å². The predicted octanol–water partition coefficient (Wildman–Crippen LogP) is 4.04. The average Bonchev–Trinajstić information content (AvgIpc) is 2.35. The SMILES string of the molecule is CCCC(CC)NC1CCCC(OCC(F)(F)F)C1. The van der Waals surface area contributed by atoms with Gasteiger partial charge < -0.3 is 10.1 Å². The second-order valence-corrected chi connectivity index (χ2v) is 5.47. The predicted molar refractivity (Wildman–Crippen MR) is 70.2 cm³/mol. The van der Waals surface area contributed by atoms with E-state index >= 15 is 0 Å².